The van der Waals surface area contributed by atoms with Crippen LogP contribution < -0.4 is 0 Å². The van der Waals surface area contributed by atoms with Gasteiger partial charge in [-0.15, -0.1) is 10.2 Å². The molecule has 0 unspecified atom stereocenters. The number of hydrogen-bond acceptors (Lipinski definition) is 5. The number of aliphatic carboxylic acids is 1. The molecule has 2 heterocycles. The maximum atomic E-state index is 10.6. The molecule has 21 heavy (non-hydrogen) atoms. The van der Waals surface area contributed by atoms with Crippen LogP contribution in [0.15, 0.2) is 12.1 Å². The number of tetrazole rings is 1. The number of aromatic nitrogens is 6. The third kappa shape index (κ3) is 2.84. The molecule has 3 rings (SSSR count). The predicted octanol–water partition coefficient (Wildman–Crippen LogP) is 1.80. The lowest BCUT2D eigenvalue weighted by molar-refractivity contribution is -0.137. The molecule has 0 aliphatic carbocycles. The molecule has 2 aromatic heterocycles. The van der Waals surface area contributed by atoms with Crippen molar-refractivity contribution in [2.45, 2.75) is 19.3 Å². The first-order valence-electron chi connectivity index (χ1n) is 6.27. The highest BCUT2D eigenvalue weighted by molar-refractivity contribution is 6.31. The number of carboxylic acid groups (broad SMARTS) is 1. The second-order valence-electron chi connectivity index (χ2n) is 4.53. The first kappa shape index (κ1) is 13.5. The number of nitrogens with zero attached hydrogens (tertiary/aromatic N) is 4. The Kier molecular flexibility index (Phi) is 3.53. The van der Waals surface area contributed by atoms with Gasteiger partial charge in [-0.05, 0) is 35.8 Å². The number of carboxylic acids is 1. The molecule has 108 valence electrons. The third-order valence-electron chi connectivity index (χ3n) is 3.02. The second kappa shape index (κ2) is 5.49. The molecule has 3 N–H and O–H groups in total. The lowest BCUT2D eigenvalue weighted by atomic mass is 10.1. The van der Waals surface area contributed by atoms with Gasteiger partial charge in [-0.3, -0.25) is 4.79 Å². The summed E-state index contributed by atoms with van der Waals surface area (Å²) in [5.74, 6) is 0.0297. The smallest absolute Gasteiger partial charge is 0.303 e. The quantitative estimate of drug-likeness (QED) is 0.661. The van der Waals surface area contributed by atoms with E-state index in [0.717, 1.165) is 16.6 Å². The van der Waals surface area contributed by atoms with E-state index < -0.39 is 5.97 Å². The van der Waals surface area contributed by atoms with Crippen molar-refractivity contribution in [2.75, 3.05) is 0 Å². The Morgan fingerprint density at radius 1 is 1.38 bits per heavy atom. The molecule has 0 amide bonds. The fourth-order valence-electron chi connectivity index (χ4n) is 2.14. The molecular weight excluding hydrogens is 296 g/mol. The summed E-state index contributed by atoms with van der Waals surface area (Å²) in [6, 6.07) is 3.56. The van der Waals surface area contributed by atoms with Gasteiger partial charge in [0.05, 0.1) is 11.0 Å². The zero-order valence-electron chi connectivity index (χ0n) is 10.8. The number of aromatic amines is 2. The first-order valence-corrected chi connectivity index (χ1v) is 6.65. The maximum Gasteiger partial charge on any atom is 0.303 e. The SMILES string of the molecule is O=C(O)CCCc1cc(Cl)cc2[nH]c(-c3nn[nH]n3)nc12. The third-order valence-corrected chi connectivity index (χ3v) is 3.24. The van der Waals surface area contributed by atoms with Gasteiger partial charge in [-0.25, -0.2) is 4.98 Å². The molecule has 0 saturated heterocycles. The van der Waals surface area contributed by atoms with Crippen LogP contribution in [0, 0.1) is 0 Å². The van der Waals surface area contributed by atoms with Gasteiger partial charge >= 0.3 is 5.97 Å². The average Bonchev–Trinajstić information content (AvgIpc) is 3.05. The van der Waals surface area contributed by atoms with Gasteiger partial charge in [0.2, 0.25) is 5.82 Å². The van der Waals surface area contributed by atoms with E-state index in [1.165, 1.54) is 0 Å². The summed E-state index contributed by atoms with van der Waals surface area (Å²) in [6.45, 7) is 0. The Morgan fingerprint density at radius 3 is 2.95 bits per heavy atom. The summed E-state index contributed by atoms with van der Waals surface area (Å²) < 4.78 is 0. The monoisotopic (exact) mass is 306 g/mol. The highest BCUT2D eigenvalue weighted by Gasteiger charge is 2.13. The fourth-order valence-corrected chi connectivity index (χ4v) is 2.38. The largest absolute Gasteiger partial charge is 0.481 e. The standard InChI is InChI=1S/C12H11ClN6O2/c13-7-4-6(2-1-3-9(20)21)10-8(5-7)14-11(15-10)12-16-18-19-17-12/h4-5H,1-3H2,(H,14,15)(H,20,21)(H,16,17,18,19). The lowest BCUT2D eigenvalue weighted by Gasteiger charge is -2.02. The van der Waals surface area contributed by atoms with Crippen molar-refractivity contribution >= 4 is 28.6 Å². The van der Waals surface area contributed by atoms with Gasteiger partial charge in [0.15, 0.2) is 5.82 Å². The molecule has 0 aliphatic rings. The minimum Gasteiger partial charge on any atom is -0.481 e. The summed E-state index contributed by atoms with van der Waals surface area (Å²) >= 11 is 6.09. The van der Waals surface area contributed by atoms with Gasteiger partial charge in [-0.1, -0.05) is 11.6 Å². The molecular formula is C12H11ClN6O2. The highest BCUT2D eigenvalue weighted by atomic mass is 35.5. The Balaban J connectivity index is 1.97. The number of benzene rings is 1. The molecule has 0 spiro atoms. The summed E-state index contributed by atoms with van der Waals surface area (Å²) in [6.07, 6.45) is 1.21. The predicted molar refractivity (Wildman–Crippen MR) is 74.8 cm³/mol. The van der Waals surface area contributed by atoms with E-state index in [9.17, 15) is 4.79 Å². The molecule has 8 nitrogen and oxygen atoms in total. The summed E-state index contributed by atoms with van der Waals surface area (Å²) in [5, 5.41) is 22.9. The van der Waals surface area contributed by atoms with E-state index >= 15 is 0 Å². The number of aryl methyl sites for hydroxylation is 1. The van der Waals surface area contributed by atoms with E-state index in [4.69, 9.17) is 16.7 Å². The summed E-state index contributed by atoms with van der Waals surface area (Å²) in [4.78, 5) is 18.1. The van der Waals surface area contributed by atoms with E-state index in [2.05, 4.69) is 30.6 Å². The van der Waals surface area contributed by atoms with E-state index in [1.807, 2.05) is 0 Å². The van der Waals surface area contributed by atoms with Gasteiger partial charge in [0.25, 0.3) is 0 Å². The fraction of sp³-hybridized carbons (Fsp3) is 0.250. The van der Waals surface area contributed by atoms with Crippen LogP contribution in [0.3, 0.4) is 0 Å². The molecule has 0 saturated carbocycles. The van der Waals surface area contributed by atoms with Crippen LogP contribution >= 0.6 is 11.6 Å². The van der Waals surface area contributed by atoms with Gasteiger partial charge in [0, 0.05) is 11.4 Å². The molecule has 1 aromatic carbocycles. The van der Waals surface area contributed by atoms with E-state index in [0.29, 0.717) is 29.5 Å². The zero-order chi connectivity index (χ0) is 14.8. The molecule has 0 aliphatic heterocycles. The van der Waals surface area contributed by atoms with Crippen molar-refractivity contribution in [3.63, 3.8) is 0 Å². The van der Waals surface area contributed by atoms with Crippen LogP contribution in [-0.4, -0.2) is 41.7 Å². The molecule has 3 aromatic rings. The second-order valence-corrected chi connectivity index (χ2v) is 4.97. The Morgan fingerprint density at radius 2 is 2.24 bits per heavy atom. The molecule has 0 fully saturated rings. The molecule has 0 bridgehead atoms. The summed E-state index contributed by atoms with van der Waals surface area (Å²) in [7, 11) is 0. The van der Waals surface area contributed by atoms with Gasteiger partial charge < -0.3 is 10.1 Å². The van der Waals surface area contributed by atoms with Crippen LogP contribution in [0.25, 0.3) is 22.7 Å². The van der Waals surface area contributed by atoms with E-state index in [1.54, 1.807) is 12.1 Å². The average molecular weight is 307 g/mol. The van der Waals surface area contributed by atoms with Crippen LogP contribution in [0.2, 0.25) is 5.02 Å². The van der Waals surface area contributed by atoms with Crippen LogP contribution in [0.4, 0.5) is 0 Å². The number of imidazole rings is 1. The number of halogens is 1. The van der Waals surface area contributed by atoms with Crippen molar-refractivity contribution in [3.05, 3.63) is 22.7 Å². The molecule has 9 heteroatoms. The minimum absolute atomic E-state index is 0.107. The number of H-pyrrole nitrogens is 2. The maximum absolute atomic E-state index is 10.6. The Labute approximate surface area is 123 Å². The Hall–Kier alpha value is -2.48. The van der Waals surface area contributed by atoms with E-state index in [-0.39, 0.29) is 6.42 Å². The molecule has 0 atom stereocenters. The van der Waals surface area contributed by atoms with Crippen molar-refractivity contribution < 1.29 is 9.90 Å². The zero-order valence-corrected chi connectivity index (χ0v) is 11.6. The number of hydrogen-bond donors (Lipinski definition) is 3. The lowest BCUT2D eigenvalue weighted by Crippen LogP contribution is -1.96. The number of nitrogens with one attached hydrogen (secondary N) is 2. The summed E-state index contributed by atoms with van der Waals surface area (Å²) in [5.41, 5.74) is 2.39. The van der Waals surface area contributed by atoms with Crippen molar-refractivity contribution in [2.24, 2.45) is 0 Å². The first-order chi connectivity index (χ1) is 10.1. The molecule has 0 radical (unpaired) electrons. The van der Waals surface area contributed by atoms with Crippen LogP contribution in [0.1, 0.15) is 18.4 Å². The normalized spacial score (nSPS) is 11.1. The number of carbonyl (C=O) groups is 1. The number of fused-ring (bicyclic) bond motifs is 1. The topological polar surface area (TPSA) is 120 Å². The van der Waals surface area contributed by atoms with Crippen LogP contribution in [0.5, 0.6) is 0 Å². The highest BCUT2D eigenvalue weighted by Crippen LogP contribution is 2.25. The van der Waals surface area contributed by atoms with Crippen molar-refractivity contribution in [1.29, 1.82) is 0 Å². The van der Waals surface area contributed by atoms with Crippen molar-refractivity contribution in [3.8, 4) is 11.6 Å². The van der Waals surface area contributed by atoms with Crippen molar-refractivity contribution in [1.82, 2.24) is 30.6 Å². The van der Waals surface area contributed by atoms with Crippen LogP contribution in [-0.2, 0) is 11.2 Å². The Bertz CT molecular complexity index is 783. The number of rotatable bonds is 5. The minimum atomic E-state index is -0.817. The van der Waals surface area contributed by atoms with Gasteiger partial charge in [0.1, 0.15) is 0 Å². The van der Waals surface area contributed by atoms with Gasteiger partial charge in [-0.2, -0.15) is 5.21 Å².